The van der Waals surface area contributed by atoms with Gasteiger partial charge in [-0.15, -0.1) is 0 Å². The number of fused-ring (bicyclic) bond motifs is 3. The largest absolute Gasteiger partial charge is 0.394 e. The normalized spacial score (nSPS) is 12.3. The zero-order valence-electron chi connectivity index (χ0n) is 53.8. The van der Waals surface area contributed by atoms with Gasteiger partial charge >= 0.3 is 0 Å². The van der Waals surface area contributed by atoms with E-state index in [4.69, 9.17) is 0 Å². The second kappa shape index (κ2) is 31.0. The summed E-state index contributed by atoms with van der Waals surface area (Å²) in [5, 5.41) is 48.7. The Kier molecular flexibility index (Phi) is 21.8. The van der Waals surface area contributed by atoms with Crippen molar-refractivity contribution in [2.75, 3.05) is 51.7 Å². The molecule has 0 aliphatic heterocycles. The lowest BCUT2D eigenvalue weighted by molar-refractivity contribution is 0.271. The molecule has 0 fully saturated rings. The lowest BCUT2D eigenvalue weighted by Gasteiger charge is -2.16. The summed E-state index contributed by atoms with van der Waals surface area (Å²) < 4.78 is 6.03. The van der Waals surface area contributed by atoms with Crippen molar-refractivity contribution >= 4 is 85.9 Å². The molecule has 9 N–H and O–H groups in total. The van der Waals surface area contributed by atoms with Crippen LogP contribution in [0.5, 0.6) is 0 Å². The number of aromatic nitrogens is 15. The van der Waals surface area contributed by atoms with Crippen LogP contribution in [0.2, 0.25) is 0 Å². The van der Waals surface area contributed by atoms with Gasteiger partial charge in [0.05, 0.1) is 74.0 Å². The van der Waals surface area contributed by atoms with Gasteiger partial charge in [0.15, 0.2) is 50.9 Å². The van der Waals surface area contributed by atoms with E-state index < -0.39 is 0 Å². The predicted molar refractivity (Wildman–Crippen MR) is 370 cm³/mol. The molecule has 3 aromatic carbocycles. The first-order chi connectivity index (χ1) is 45.3. The molecule has 0 spiro atoms. The molecule has 24 nitrogen and oxygen atoms in total. The summed E-state index contributed by atoms with van der Waals surface area (Å²) in [6.07, 6.45) is 13.0. The van der Waals surface area contributed by atoms with Gasteiger partial charge in [0, 0.05) is 70.5 Å². The second-order valence-electron chi connectivity index (χ2n) is 23.0. The zero-order chi connectivity index (χ0) is 65.4. The van der Waals surface area contributed by atoms with Crippen molar-refractivity contribution in [1.82, 2.24) is 73.5 Å². The fourth-order valence-corrected chi connectivity index (χ4v) is 10.00. The zero-order valence-corrected chi connectivity index (χ0v) is 53.8. The molecule has 0 amide bonds. The van der Waals surface area contributed by atoms with E-state index in [0.717, 1.165) is 87.0 Å². The number of pyridine rings is 3. The molecule has 9 heterocycles. The Labute approximate surface area is 540 Å². The van der Waals surface area contributed by atoms with Gasteiger partial charge in [-0.1, -0.05) is 75.4 Å². The van der Waals surface area contributed by atoms with Crippen molar-refractivity contribution in [1.29, 1.82) is 0 Å². The number of aliphatic hydroxyl groups is 3. The minimum absolute atomic E-state index is 0.0101. The van der Waals surface area contributed by atoms with Crippen LogP contribution in [0.4, 0.5) is 52.4 Å². The van der Waals surface area contributed by atoms with E-state index >= 15 is 0 Å². The maximum absolute atomic E-state index is 9.59. The van der Waals surface area contributed by atoms with Crippen LogP contribution in [0.3, 0.4) is 0 Å². The highest BCUT2D eigenvalue weighted by molar-refractivity contribution is 5.89. The third kappa shape index (κ3) is 16.1. The monoisotopic (exact) mass is 1250 g/mol. The molecule has 93 heavy (non-hydrogen) atoms. The summed E-state index contributed by atoms with van der Waals surface area (Å²) in [6.45, 7) is 18.6. The number of hydrogen-bond acceptors (Lipinski definition) is 21. The van der Waals surface area contributed by atoms with Gasteiger partial charge in [0.25, 0.3) is 0 Å². The fourth-order valence-electron chi connectivity index (χ4n) is 10.00. The number of aliphatic hydroxyl groups excluding tert-OH is 3. The van der Waals surface area contributed by atoms with Crippen LogP contribution in [0.1, 0.15) is 99.7 Å². The van der Waals surface area contributed by atoms with Crippen molar-refractivity contribution < 1.29 is 15.3 Å². The van der Waals surface area contributed by atoms with Gasteiger partial charge < -0.3 is 60.9 Å². The molecule has 0 unspecified atom stereocenters. The molecule has 24 heteroatoms. The van der Waals surface area contributed by atoms with Crippen LogP contribution in [0, 0.1) is 0 Å². The van der Waals surface area contributed by atoms with Crippen LogP contribution in [0.25, 0.3) is 67.3 Å². The lowest BCUT2D eigenvalue weighted by atomic mass is 10.1. The van der Waals surface area contributed by atoms with E-state index in [1.807, 2.05) is 162 Å². The SMILES string of the molecule is CC[C@H](CO)Nc1nc(Nc2cccc(-c3ccccn3)c2)c2ncn(C(C)C)c2n1.CC[C@H](CO)Nc1nc(Nc2cccc(-c3ccccn3)c2)c2ncn(C(C)C)c2n1.CC[C@H](CO)Nc1nc(Nc2cccc(-c3ccccn3)c2)c2ncn(C(C)C)c2n1. The van der Waals surface area contributed by atoms with E-state index in [1.54, 1.807) is 37.6 Å². The van der Waals surface area contributed by atoms with E-state index in [2.05, 4.69) is 133 Å². The molecular formula is C69H81N21O3. The highest BCUT2D eigenvalue weighted by Gasteiger charge is 2.21. The Hall–Kier alpha value is -10.6. The molecule has 0 bridgehead atoms. The van der Waals surface area contributed by atoms with Crippen molar-refractivity contribution in [3.05, 3.63) is 165 Å². The summed E-state index contributed by atoms with van der Waals surface area (Å²) in [7, 11) is 0. The molecular weight excluding hydrogens is 1170 g/mol. The predicted octanol–water partition coefficient (Wildman–Crippen LogP) is 13.2. The number of hydrogen-bond donors (Lipinski definition) is 9. The maximum atomic E-state index is 9.59. The van der Waals surface area contributed by atoms with Crippen molar-refractivity contribution in [3.63, 3.8) is 0 Å². The topological polar surface area (TPSA) is 302 Å². The summed E-state index contributed by atoms with van der Waals surface area (Å²) in [5.74, 6) is 3.20. The molecule has 0 radical (unpaired) electrons. The van der Waals surface area contributed by atoms with Gasteiger partial charge in [-0.2, -0.15) is 29.9 Å². The van der Waals surface area contributed by atoms with Crippen LogP contribution in [0.15, 0.2) is 165 Å². The Morgan fingerprint density at radius 1 is 0.355 bits per heavy atom. The second-order valence-corrected chi connectivity index (χ2v) is 23.0. The minimum atomic E-state index is -0.117. The van der Waals surface area contributed by atoms with Gasteiger partial charge in [0.2, 0.25) is 17.8 Å². The smallest absolute Gasteiger partial charge is 0.227 e. The summed E-state index contributed by atoms with van der Waals surface area (Å²) >= 11 is 0. The summed E-state index contributed by atoms with van der Waals surface area (Å²) in [4.78, 5) is 55.0. The molecule has 12 aromatic rings. The highest BCUT2D eigenvalue weighted by Crippen LogP contribution is 2.33. The van der Waals surface area contributed by atoms with Crippen LogP contribution < -0.4 is 31.9 Å². The lowest BCUT2D eigenvalue weighted by Crippen LogP contribution is -2.24. The van der Waals surface area contributed by atoms with Crippen LogP contribution in [-0.4, -0.2) is 127 Å². The molecule has 0 saturated heterocycles. The fraction of sp³-hybridized carbons (Fsp3) is 0.304. The number of benzene rings is 3. The Balaban J connectivity index is 0.000000153. The van der Waals surface area contributed by atoms with Gasteiger partial charge in [-0.25, -0.2) is 15.0 Å². The van der Waals surface area contributed by atoms with Crippen molar-refractivity contribution in [2.45, 2.75) is 118 Å². The first-order valence-electron chi connectivity index (χ1n) is 31.5. The molecule has 0 aliphatic carbocycles. The molecule has 9 aromatic heterocycles. The number of nitrogens with zero attached hydrogens (tertiary/aromatic N) is 15. The van der Waals surface area contributed by atoms with Gasteiger partial charge in [0.1, 0.15) is 0 Å². The number of anilines is 9. The van der Waals surface area contributed by atoms with Crippen LogP contribution >= 0.6 is 0 Å². The van der Waals surface area contributed by atoms with Gasteiger partial charge in [-0.05, 0) is 134 Å². The Bertz CT molecular complexity index is 3900. The number of rotatable bonds is 24. The molecule has 3 atom stereocenters. The van der Waals surface area contributed by atoms with Crippen molar-refractivity contribution in [2.24, 2.45) is 0 Å². The van der Waals surface area contributed by atoms with E-state index in [-0.39, 0.29) is 56.1 Å². The van der Waals surface area contributed by atoms with Gasteiger partial charge in [-0.3, -0.25) is 15.0 Å². The minimum Gasteiger partial charge on any atom is -0.394 e. The molecule has 12 rings (SSSR count). The third-order valence-corrected chi connectivity index (χ3v) is 15.3. The first-order valence-corrected chi connectivity index (χ1v) is 31.5. The quantitative estimate of drug-likeness (QED) is 0.0271. The van der Waals surface area contributed by atoms with E-state index in [1.165, 1.54) is 0 Å². The van der Waals surface area contributed by atoms with Crippen LogP contribution in [-0.2, 0) is 0 Å². The van der Waals surface area contributed by atoms with Crippen molar-refractivity contribution in [3.8, 4) is 33.8 Å². The number of nitrogens with one attached hydrogen (secondary N) is 6. The van der Waals surface area contributed by atoms with E-state index in [9.17, 15) is 15.3 Å². The first kappa shape index (κ1) is 65.4. The average molecular weight is 1250 g/mol. The standard InChI is InChI=1S/3C23H27N7O/c3*1-4-17(13-31)27-23-28-21(20-22(29-23)30(14-25-20)15(2)3)26-18-9-7-8-16(12-18)19-10-5-6-11-24-19/h3*5-12,14-15,17,31H,4,13H2,1-3H3,(H2,26,27,28,29)/t3*17-/m111/s1. The summed E-state index contributed by atoms with van der Waals surface area (Å²) in [6, 6.07) is 41.9. The molecule has 0 saturated carbocycles. The molecule has 0 aliphatic rings. The summed E-state index contributed by atoms with van der Waals surface area (Å²) in [5.41, 5.74) is 12.7. The Morgan fingerprint density at radius 3 is 0.882 bits per heavy atom. The highest BCUT2D eigenvalue weighted by atomic mass is 16.3. The maximum Gasteiger partial charge on any atom is 0.227 e. The Morgan fingerprint density at radius 2 is 0.645 bits per heavy atom. The average Bonchev–Trinajstić information content (AvgIpc) is 1.72. The third-order valence-electron chi connectivity index (χ3n) is 15.3. The van der Waals surface area contributed by atoms with E-state index in [0.29, 0.717) is 51.8 Å². The number of imidazole rings is 3. The molecule has 480 valence electrons.